The van der Waals surface area contributed by atoms with Gasteiger partial charge in [-0.1, -0.05) is 140 Å². The van der Waals surface area contributed by atoms with Crippen molar-refractivity contribution in [2.24, 2.45) is 0 Å². The summed E-state index contributed by atoms with van der Waals surface area (Å²) in [7, 11) is 0. The summed E-state index contributed by atoms with van der Waals surface area (Å²) in [5.74, 6) is 0. The van der Waals surface area contributed by atoms with E-state index in [-0.39, 0.29) is 0 Å². The van der Waals surface area contributed by atoms with Gasteiger partial charge in [0.1, 0.15) is 11.2 Å². The molecule has 0 saturated carbocycles. The van der Waals surface area contributed by atoms with Crippen molar-refractivity contribution in [1.82, 2.24) is 0 Å². The van der Waals surface area contributed by atoms with Crippen molar-refractivity contribution in [2.75, 3.05) is 4.90 Å². The minimum Gasteiger partial charge on any atom is -0.456 e. The third-order valence-corrected chi connectivity index (χ3v) is 12.0. The van der Waals surface area contributed by atoms with Crippen molar-refractivity contribution in [3.05, 3.63) is 200 Å². The van der Waals surface area contributed by atoms with Crippen LogP contribution in [-0.2, 0) is 0 Å². The monoisotopic (exact) mass is 719 g/mol. The van der Waals surface area contributed by atoms with Crippen LogP contribution in [0.5, 0.6) is 0 Å². The molecule has 11 aromatic rings. The van der Waals surface area contributed by atoms with Gasteiger partial charge in [-0.05, 0) is 99.3 Å². The van der Waals surface area contributed by atoms with Crippen LogP contribution in [0.15, 0.2) is 205 Å². The largest absolute Gasteiger partial charge is 0.456 e. The molecule has 9 aromatic carbocycles. The molecule has 3 heteroatoms. The molecule has 55 heavy (non-hydrogen) atoms. The first-order valence-electron chi connectivity index (χ1n) is 18.7. The number of benzene rings is 9. The number of hydrogen-bond acceptors (Lipinski definition) is 3. The Balaban J connectivity index is 1.04. The Morgan fingerprint density at radius 3 is 1.82 bits per heavy atom. The summed E-state index contributed by atoms with van der Waals surface area (Å²) < 4.78 is 8.87. The van der Waals surface area contributed by atoms with Crippen LogP contribution in [0.4, 0.5) is 17.1 Å². The van der Waals surface area contributed by atoms with E-state index in [1.807, 2.05) is 23.5 Å². The van der Waals surface area contributed by atoms with Crippen LogP contribution in [0.2, 0.25) is 0 Å². The molecule has 0 N–H and O–H groups in total. The van der Waals surface area contributed by atoms with Crippen LogP contribution in [0.25, 0.3) is 86.3 Å². The number of para-hydroxylation sites is 2. The molecule has 2 heterocycles. The molecule has 258 valence electrons. The lowest BCUT2D eigenvalue weighted by Gasteiger charge is -2.28. The molecule has 0 fully saturated rings. The van der Waals surface area contributed by atoms with Crippen LogP contribution in [0, 0.1) is 0 Å². The van der Waals surface area contributed by atoms with Gasteiger partial charge in [-0.2, -0.15) is 0 Å². The molecule has 0 saturated heterocycles. The molecule has 0 unspecified atom stereocenters. The second-order valence-electron chi connectivity index (χ2n) is 14.1. The Labute approximate surface area is 322 Å². The topological polar surface area (TPSA) is 16.4 Å². The molecule has 2 nitrogen and oxygen atoms in total. The van der Waals surface area contributed by atoms with Gasteiger partial charge < -0.3 is 9.32 Å². The summed E-state index contributed by atoms with van der Waals surface area (Å²) in [6.07, 6.45) is 0. The highest BCUT2D eigenvalue weighted by Crippen LogP contribution is 2.47. The maximum absolute atomic E-state index is 6.27. The number of hydrogen-bond donors (Lipinski definition) is 0. The second kappa shape index (κ2) is 12.9. The molecular weight excluding hydrogens is 687 g/mol. The minimum atomic E-state index is 0.884. The predicted molar refractivity (Wildman–Crippen MR) is 235 cm³/mol. The first-order valence-corrected chi connectivity index (χ1v) is 19.5. The second-order valence-corrected chi connectivity index (χ2v) is 15.2. The first kappa shape index (κ1) is 31.6. The normalized spacial score (nSPS) is 11.6. The Bertz CT molecular complexity index is 3210. The Morgan fingerprint density at radius 2 is 0.964 bits per heavy atom. The van der Waals surface area contributed by atoms with E-state index >= 15 is 0 Å². The Kier molecular flexibility index (Phi) is 7.39. The fourth-order valence-electron chi connectivity index (χ4n) is 8.20. The molecule has 0 aliphatic heterocycles. The zero-order chi connectivity index (χ0) is 36.3. The fourth-order valence-corrected chi connectivity index (χ4v) is 9.33. The predicted octanol–water partition coefficient (Wildman–Crippen LogP) is 15.6. The highest BCUT2D eigenvalue weighted by Gasteiger charge is 2.21. The average molecular weight is 720 g/mol. The molecule has 0 radical (unpaired) electrons. The quantitative estimate of drug-likeness (QED) is 0.170. The van der Waals surface area contributed by atoms with Crippen LogP contribution in [-0.4, -0.2) is 0 Å². The van der Waals surface area contributed by atoms with Crippen molar-refractivity contribution in [2.45, 2.75) is 0 Å². The molecule has 0 atom stereocenters. The van der Waals surface area contributed by atoms with Crippen molar-refractivity contribution in [3.8, 4) is 33.4 Å². The zero-order valence-electron chi connectivity index (χ0n) is 29.8. The van der Waals surface area contributed by atoms with E-state index in [1.165, 1.54) is 64.3 Å². The highest BCUT2D eigenvalue weighted by molar-refractivity contribution is 7.25. The van der Waals surface area contributed by atoms with E-state index < -0.39 is 0 Å². The van der Waals surface area contributed by atoms with Crippen molar-refractivity contribution in [1.29, 1.82) is 0 Å². The SMILES string of the molecule is c1ccc(N(c2ccc(-c3ccc(-c4ccc5ccccc5c4)cc3)cc2)c2ccc3oc4ccccc4c3c2)c(-c2cccc3sc4ccccc4c23)c1. The number of thiophene rings is 1. The summed E-state index contributed by atoms with van der Waals surface area (Å²) in [4.78, 5) is 2.40. The van der Waals surface area contributed by atoms with Gasteiger partial charge in [-0.3, -0.25) is 0 Å². The van der Waals surface area contributed by atoms with E-state index in [9.17, 15) is 0 Å². The number of nitrogens with zero attached hydrogens (tertiary/aromatic N) is 1. The van der Waals surface area contributed by atoms with Gasteiger partial charge in [0.15, 0.2) is 0 Å². The molecule has 0 spiro atoms. The molecule has 0 aliphatic carbocycles. The summed E-state index contributed by atoms with van der Waals surface area (Å²) in [5.41, 5.74) is 12.3. The van der Waals surface area contributed by atoms with Crippen LogP contribution >= 0.6 is 11.3 Å². The number of rotatable bonds is 6. The van der Waals surface area contributed by atoms with E-state index in [1.54, 1.807) is 0 Å². The maximum atomic E-state index is 6.27. The summed E-state index contributed by atoms with van der Waals surface area (Å²) in [6, 6.07) is 72.3. The van der Waals surface area contributed by atoms with Gasteiger partial charge in [-0.15, -0.1) is 11.3 Å². The lowest BCUT2D eigenvalue weighted by molar-refractivity contribution is 0.669. The van der Waals surface area contributed by atoms with Gasteiger partial charge in [0.25, 0.3) is 0 Å². The van der Waals surface area contributed by atoms with Crippen LogP contribution < -0.4 is 4.90 Å². The third kappa shape index (κ3) is 5.40. The standard InChI is InChI=1S/C52H33NOS/c1-2-11-38-32-39(25-24-34(38)10-1)37-22-20-35(21-23-37)36-26-28-40(29-27-36)53(41-30-31-49-46(33-41)43-13-4-7-17-48(43)54-49)47-16-6-3-12-42(47)44-15-9-19-51-52(44)45-14-5-8-18-50(45)55-51/h1-33H. The average Bonchev–Trinajstić information content (AvgIpc) is 3.83. The van der Waals surface area contributed by atoms with Crippen molar-refractivity contribution in [3.63, 3.8) is 0 Å². The van der Waals surface area contributed by atoms with E-state index in [2.05, 4.69) is 193 Å². The zero-order valence-corrected chi connectivity index (χ0v) is 30.6. The fraction of sp³-hybridized carbons (Fsp3) is 0. The maximum Gasteiger partial charge on any atom is 0.135 e. The van der Waals surface area contributed by atoms with Gasteiger partial charge in [-0.25, -0.2) is 0 Å². The lowest BCUT2D eigenvalue weighted by Crippen LogP contribution is -2.11. The number of anilines is 3. The van der Waals surface area contributed by atoms with Gasteiger partial charge in [0.05, 0.1) is 5.69 Å². The number of furan rings is 1. The Morgan fingerprint density at radius 1 is 0.364 bits per heavy atom. The van der Waals surface area contributed by atoms with Gasteiger partial charge >= 0.3 is 0 Å². The van der Waals surface area contributed by atoms with E-state index in [0.717, 1.165) is 39.0 Å². The lowest BCUT2D eigenvalue weighted by atomic mass is 9.96. The third-order valence-electron chi connectivity index (χ3n) is 10.9. The highest BCUT2D eigenvalue weighted by atomic mass is 32.1. The molecule has 0 amide bonds. The molecule has 0 aliphatic rings. The summed E-state index contributed by atoms with van der Waals surface area (Å²) in [5, 5.41) is 7.33. The first-order chi connectivity index (χ1) is 27.2. The summed E-state index contributed by atoms with van der Waals surface area (Å²) in [6.45, 7) is 0. The molecule has 0 bridgehead atoms. The molecule has 2 aromatic heterocycles. The minimum absolute atomic E-state index is 0.884. The summed E-state index contributed by atoms with van der Waals surface area (Å²) >= 11 is 1.86. The van der Waals surface area contributed by atoms with Crippen molar-refractivity contribution < 1.29 is 4.42 Å². The van der Waals surface area contributed by atoms with Gasteiger partial charge in [0, 0.05) is 47.9 Å². The van der Waals surface area contributed by atoms with Crippen LogP contribution in [0.3, 0.4) is 0 Å². The number of fused-ring (bicyclic) bond motifs is 7. The Hall–Kier alpha value is -6.94. The smallest absolute Gasteiger partial charge is 0.135 e. The molecular formula is C52H33NOS. The van der Waals surface area contributed by atoms with Gasteiger partial charge in [0.2, 0.25) is 0 Å². The van der Waals surface area contributed by atoms with Crippen molar-refractivity contribution >= 4 is 81.3 Å². The van der Waals surface area contributed by atoms with E-state index in [0.29, 0.717) is 0 Å². The molecule has 11 rings (SSSR count). The van der Waals surface area contributed by atoms with E-state index in [4.69, 9.17) is 4.42 Å². The van der Waals surface area contributed by atoms with Crippen LogP contribution in [0.1, 0.15) is 0 Å².